The molecule has 0 aliphatic carbocycles. The van der Waals surface area contributed by atoms with Crippen LogP contribution in [0.1, 0.15) is 82.2 Å². The lowest BCUT2D eigenvalue weighted by Crippen LogP contribution is -2.42. The number of hydrogen-bond donors (Lipinski definition) is 2. The van der Waals surface area contributed by atoms with Crippen LogP contribution in [0, 0.1) is 0 Å². The molecule has 0 bridgehead atoms. The van der Waals surface area contributed by atoms with Gasteiger partial charge in [0.25, 0.3) is 11.5 Å². The molecular weight excluding hydrogens is 356 g/mol. The maximum absolute atomic E-state index is 12.6. The third kappa shape index (κ3) is 5.65. The van der Waals surface area contributed by atoms with Gasteiger partial charge in [-0.15, -0.1) is 0 Å². The normalized spacial score (nSPS) is 11.0. The molecule has 0 unspecified atom stereocenters. The number of carbonyl (C=O) groups excluding carboxylic acids is 2. The molecule has 7 nitrogen and oxygen atoms in total. The predicted molar refractivity (Wildman–Crippen MR) is 110 cm³/mol. The number of benzene rings is 1. The Hall–Kier alpha value is -2.70. The molecule has 0 atom stereocenters. The lowest BCUT2D eigenvalue weighted by atomic mass is 10.1. The first-order valence-electron chi connectivity index (χ1n) is 10.1. The van der Waals surface area contributed by atoms with Gasteiger partial charge in [-0.05, 0) is 26.3 Å². The van der Waals surface area contributed by atoms with Crippen LogP contribution in [-0.2, 0) is 4.79 Å². The minimum atomic E-state index is -0.540. The van der Waals surface area contributed by atoms with Crippen molar-refractivity contribution in [3.05, 3.63) is 40.3 Å². The standard InChI is InChI=1S/C21H30N4O3/c1-4-5-6-7-8-9-14-18(26)22-23-20(27)19-16-12-10-11-13-17(16)21(28)25(24-19)15(2)3/h10-13,15H,4-9,14H2,1-3H3,(H,22,26)(H,23,27). The highest BCUT2D eigenvalue weighted by Crippen LogP contribution is 2.14. The van der Waals surface area contributed by atoms with Crippen LogP contribution < -0.4 is 16.4 Å². The molecule has 1 aromatic heterocycles. The maximum atomic E-state index is 12.6. The number of nitrogens with one attached hydrogen (secondary N) is 2. The summed E-state index contributed by atoms with van der Waals surface area (Å²) in [6.45, 7) is 5.82. The van der Waals surface area contributed by atoms with Crippen molar-refractivity contribution in [2.45, 2.75) is 71.8 Å². The van der Waals surface area contributed by atoms with E-state index >= 15 is 0 Å². The first-order valence-corrected chi connectivity index (χ1v) is 10.1. The summed E-state index contributed by atoms with van der Waals surface area (Å²) < 4.78 is 1.29. The zero-order chi connectivity index (χ0) is 20.5. The van der Waals surface area contributed by atoms with Gasteiger partial charge in [0, 0.05) is 11.8 Å². The summed E-state index contributed by atoms with van der Waals surface area (Å²) >= 11 is 0. The first kappa shape index (κ1) is 21.6. The van der Waals surface area contributed by atoms with E-state index in [2.05, 4.69) is 22.9 Å². The molecule has 0 saturated heterocycles. The fourth-order valence-electron chi connectivity index (χ4n) is 3.04. The van der Waals surface area contributed by atoms with Crippen molar-refractivity contribution >= 4 is 22.6 Å². The van der Waals surface area contributed by atoms with E-state index in [-0.39, 0.29) is 23.2 Å². The summed E-state index contributed by atoms with van der Waals surface area (Å²) in [4.78, 5) is 37.1. The third-order valence-corrected chi connectivity index (χ3v) is 4.61. The molecule has 0 saturated carbocycles. The number of unbranched alkanes of at least 4 members (excludes halogenated alkanes) is 5. The summed E-state index contributed by atoms with van der Waals surface area (Å²) in [6.07, 6.45) is 6.91. The van der Waals surface area contributed by atoms with Crippen molar-refractivity contribution in [1.82, 2.24) is 20.6 Å². The van der Waals surface area contributed by atoms with Crippen molar-refractivity contribution in [2.75, 3.05) is 0 Å². The van der Waals surface area contributed by atoms with E-state index in [9.17, 15) is 14.4 Å². The third-order valence-electron chi connectivity index (χ3n) is 4.61. The van der Waals surface area contributed by atoms with Gasteiger partial charge in [-0.1, -0.05) is 57.2 Å². The number of nitrogens with zero attached hydrogens (tertiary/aromatic N) is 2. The molecule has 0 radical (unpaired) electrons. The van der Waals surface area contributed by atoms with Gasteiger partial charge in [-0.3, -0.25) is 25.2 Å². The van der Waals surface area contributed by atoms with Gasteiger partial charge in [0.1, 0.15) is 0 Å². The molecule has 2 rings (SSSR count). The molecule has 0 fully saturated rings. The number of carbonyl (C=O) groups is 2. The zero-order valence-electron chi connectivity index (χ0n) is 17.0. The Kier molecular flexibility index (Phi) is 8.17. The van der Waals surface area contributed by atoms with Crippen LogP contribution in [0.3, 0.4) is 0 Å². The van der Waals surface area contributed by atoms with Gasteiger partial charge < -0.3 is 0 Å². The van der Waals surface area contributed by atoms with Crippen LogP contribution in [0.5, 0.6) is 0 Å². The van der Waals surface area contributed by atoms with Crippen molar-refractivity contribution in [3.8, 4) is 0 Å². The largest absolute Gasteiger partial charge is 0.290 e. The van der Waals surface area contributed by atoms with Crippen molar-refractivity contribution in [2.24, 2.45) is 0 Å². The fourth-order valence-corrected chi connectivity index (χ4v) is 3.04. The second-order valence-corrected chi connectivity index (χ2v) is 7.26. The van der Waals surface area contributed by atoms with E-state index in [1.54, 1.807) is 24.3 Å². The molecule has 1 heterocycles. The lowest BCUT2D eigenvalue weighted by Gasteiger charge is -2.13. The molecule has 0 aliphatic heterocycles. The number of hydrogen-bond acceptors (Lipinski definition) is 4. The lowest BCUT2D eigenvalue weighted by molar-refractivity contribution is -0.122. The van der Waals surface area contributed by atoms with Crippen molar-refractivity contribution < 1.29 is 9.59 Å². The number of rotatable bonds is 9. The number of amides is 2. The maximum Gasteiger partial charge on any atom is 0.290 e. The van der Waals surface area contributed by atoms with Crippen molar-refractivity contribution in [1.29, 1.82) is 0 Å². The molecule has 7 heteroatoms. The molecule has 28 heavy (non-hydrogen) atoms. The highest BCUT2D eigenvalue weighted by molar-refractivity contribution is 6.05. The molecule has 1 aromatic carbocycles. The molecule has 2 N–H and O–H groups in total. The highest BCUT2D eigenvalue weighted by Gasteiger charge is 2.18. The predicted octanol–water partition coefficient (Wildman–Crippen LogP) is 3.49. The Morgan fingerprint density at radius 3 is 2.32 bits per heavy atom. The minimum Gasteiger partial charge on any atom is -0.273 e. The molecular formula is C21H30N4O3. The summed E-state index contributed by atoms with van der Waals surface area (Å²) in [7, 11) is 0. The van der Waals surface area contributed by atoms with Crippen molar-refractivity contribution in [3.63, 3.8) is 0 Å². The quantitative estimate of drug-likeness (QED) is 0.510. The minimum absolute atomic E-state index is 0.115. The Morgan fingerprint density at radius 2 is 1.64 bits per heavy atom. The van der Waals surface area contributed by atoms with E-state index in [1.165, 1.54) is 23.9 Å². The second kappa shape index (κ2) is 10.6. The van der Waals surface area contributed by atoms with Crippen LogP contribution >= 0.6 is 0 Å². The number of fused-ring (bicyclic) bond motifs is 1. The van der Waals surface area contributed by atoms with Gasteiger partial charge in [0.15, 0.2) is 5.69 Å². The van der Waals surface area contributed by atoms with Crippen LogP contribution in [0.25, 0.3) is 10.8 Å². The Morgan fingerprint density at radius 1 is 1.00 bits per heavy atom. The molecule has 0 aliphatic rings. The highest BCUT2D eigenvalue weighted by atomic mass is 16.2. The zero-order valence-corrected chi connectivity index (χ0v) is 17.0. The Bertz CT molecular complexity index is 874. The van der Waals surface area contributed by atoms with Gasteiger partial charge in [-0.2, -0.15) is 5.10 Å². The van der Waals surface area contributed by atoms with Gasteiger partial charge in [-0.25, -0.2) is 4.68 Å². The summed E-state index contributed by atoms with van der Waals surface area (Å²) in [5, 5.41) is 5.11. The van der Waals surface area contributed by atoms with E-state index in [1.807, 2.05) is 13.8 Å². The smallest absolute Gasteiger partial charge is 0.273 e. The summed E-state index contributed by atoms with van der Waals surface area (Å²) in [5.41, 5.74) is 4.74. The molecule has 0 spiro atoms. The summed E-state index contributed by atoms with van der Waals surface area (Å²) in [6, 6.07) is 6.66. The fraction of sp³-hybridized carbons (Fsp3) is 0.524. The number of aromatic nitrogens is 2. The van der Waals surface area contributed by atoms with Gasteiger partial charge >= 0.3 is 0 Å². The van der Waals surface area contributed by atoms with E-state index in [0.29, 0.717) is 17.2 Å². The molecule has 152 valence electrons. The SMILES string of the molecule is CCCCCCCCC(=O)NNC(=O)c1nn(C(C)C)c(=O)c2ccccc12. The topological polar surface area (TPSA) is 93.1 Å². The molecule has 2 aromatic rings. The van der Waals surface area contributed by atoms with Gasteiger partial charge in [0.05, 0.1) is 11.4 Å². The van der Waals surface area contributed by atoms with E-state index in [4.69, 9.17) is 0 Å². The second-order valence-electron chi connectivity index (χ2n) is 7.26. The monoisotopic (exact) mass is 386 g/mol. The number of hydrazine groups is 1. The summed E-state index contributed by atoms with van der Waals surface area (Å²) in [5.74, 6) is -0.771. The average molecular weight is 386 g/mol. The van der Waals surface area contributed by atoms with Crippen LogP contribution in [0.15, 0.2) is 29.1 Å². The van der Waals surface area contributed by atoms with Crippen LogP contribution in [0.4, 0.5) is 0 Å². The van der Waals surface area contributed by atoms with E-state index in [0.717, 1.165) is 19.3 Å². The van der Waals surface area contributed by atoms with E-state index < -0.39 is 5.91 Å². The van der Waals surface area contributed by atoms with Crippen LogP contribution in [-0.4, -0.2) is 21.6 Å². The first-order chi connectivity index (χ1) is 13.5. The van der Waals surface area contributed by atoms with Crippen LogP contribution in [0.2, 0.25) is 0 Å². The Balaban J connectivity index is 2.01. The Labute approximate surface area is 165 Å². The average Bonchev–Trinajstić information content (AvgIpc) is 2.69. The molecule has 2 amide bonds. The van der Waals surface area contributed by atoms with Gasteiger partial charge in [0.2, 0.25) is 5.91 Å².